The van der Waals surface area contributed by atoms with Crippen molar-refractivity contribution in [2.75, 3.05) is 7.05 Å². The first-order valence-electron chi connectivity index (χ1n) is 8.14. The number of hydrogen-bond acceptors (Lipinski definition) is 3. The van der Waals surface area contributed by atoms with Crippen molar-refractivity contribution in [2.45, 2.75) is 71.1 Å². The molecule has 5 nitrogen and oxygen atoms in total. The number of carbonyl (C=O) groups is 2. The summed E-state index contributed by atoms with van der Waals surface area (Å²) in [6.07, 6.45) is 5.05. The average Bonchev–Trinajstić information content (AvgIpc) is 2.70. The minimum absolute atomic E-state index is 0.0449. The first kappa shape index (κ1) is 16.3. The Balaban J connectivity index is 2.25. The Morgan fingerprint density at radius 3 is 2.33 bits per heavy atom. The fraction of sp³-hybridized carbons (Fsp3) is 0.875. The number of carbonyl (C=O) groups excluding carboxylic acids is 2. The molecule has 0 spiro atoms. The molecule has 1 heterocycles. The van der Waals surface area contributed by atoms with Crippen molar-refractivity contribution in [3.8, 4) is 0 Å². The maximum Gasteiger partial charge on any atom is 0.327 e. The monoisotopic (exact) mass is 296 g/mol. The molecule has 120 valence electrons. The van der Waals surface area contributed by atoms with Crippen molar-refractivity contribution in [2.24, 2.45) is 11.8 Å². The second kappa shape index (κ2) is 6.34. The molecule has 0 aromatic rings. The number of imide groups is 1. The van der Waals surface area contributed by atoms with Crippen LogP contribution in [-0.2, 0) is 4.79 Å². The zero-order chi connectivity index (χ0) is 15.7. The molecule has 21 heavy (non-hydrogen) atoms. The number of hydrogen-bond donors (Lipinski definition) is 1. The SMILES string of the molecule is C[C@H](O)[C@@H](C)C(=O)N1C(=O)N(C)[C@@H](C)[C@H]1C1CCCCC1. The highest BCUT2D eigenvalue weighted by atomic mass is 16.3. The Labute approximate surface area is 127 Å². The van der Waals surface area contributed by atoms with Crippen LogP contribution in [0, 0.1) is 11.8 Å². The Bertz CT molecular complexity index is 404. The highest BCUT2D eigenvalue weighted by Crippen LogP contribution is 2.36. The van der Waals surface area contributed by atoms with Gasteiger partial charge in [-0.15, -0.1) is 0 Å². The Hall–Kier alpha value is -1.10. The minimum atomic E-state index is -0.737. The molecular weight excluding hydrogens is 268 g/mol. The van der Waals surface area contributed by atoms with Crippen molar-refractivity contribution in [1.82, 2.24) is 9.80 Å². The summed E-state index contributed by atoms with van der Waals surface area (Å²) in [6, 6.07) is -0.210. The third-order valence-electron chi connectivity index (χ3n) is 5.39. The predicted octanol–water partition coefficient (Wildman–Crippen LogP) is 2.23. The van der Waals surface area contributed by atoms with E-state index in [4.69, 9.17) is 0 Å². The van der Waals surface area contributed by atoms with E-state index in [2.05, 4.69) is 0 Å². The zero-order valence-corrected chi connectivity index (χ0v) is 13.6. The molecular formula is C16H28N2O3. The van der Waals surface area contributed by atoms with Gasteiger partial charge in [0.25, 0.3) is 0 Å². The summed E-state index contributed by atoms with van der Waals surface area (Å²) in [7, 11) is 1.77. The number of aliphatic hydroxyl groups excluding tert-OH is 1. The van der Waals surface area contributed by atoms with Crippen LogP contribution in [0.3, 0.4) is 0 Å². The van der Waals surface area contributed by atoms with Crippen molar-refractivity contribution in [3.63, 3.8) is 0 Å². The molecule has 1 saturated heterocycles. The standard InChI is InChI=1S/C16H28N2O3/c1-10(12(3)19)15(20)18-14(11(2)17(4)16(18)21)13-8-6-5-7-9-13/h10-14,19H,5-9H2,1-4H3/t10-,11+,12+,14+/m1/s1. The van der Waals surface area contributed by atoms with Gasteiger partial charge in [0, 0.05) is 7.05 Å². The molecule has 4 atom stereocenters. The minimum Gasteiger partial charge on any atom is -0.393 e. The van der Waals surface area contributed by atoms with E-state index in [1.807, 2.05) is 6.92 Å². The van der Waals surface area contributed by atoms with Crippen molar-refractivity contribution >= 4 is 11.9 Å². The maximum atomic E-state index is 12.7. The highest BCUT2D eigenvalue weighted by Gasteiger charge is 2.49. The summed E-state index contributed by atoms with van der Waals surface area (Å²) < 4.78 is 0. The maximum absolute atomic E-state index is 12.7. The van der Waals surface area contributed by atoms with Crippen LogP contribution in [0.5, 0.6) is 0 Å². The van der Waals surface area contributed by atoms with Crippen LogP contribution in [0.1, 0.15) is 52.9 Å². The second-order valence-corrected chi connectivity index (χ2v) is 6.76. The first-order valence-corrected chi connectivity index (χ1v) is 8.14. The molecule has 0 aromatic heterocycles. The third-order valence-corrected chi connectivity index (χ3v) is 5.39. The van der Waals surface area contributed by atoms with Gasteiger partial charge in [0.15, 0.2) is 0 Å². The fourth-order valence-corrected chi connectivity index (χ4v) is 3.66. The molecule has 1 aliphatic heterocycles. The van der Waals surface area contributed by atoms with Gasteiger partial charge in [0.05, 0.1) is 24.1 Å². The zero-order valence-electron chi connectivity index (χ0n) is 13.6. The second-order valence-electron chi connectivity index (χ2n) is 6.76. The molecule has 1 saturated carbocycles. The van der Waals surface area contributed by atoms with E-state index in [0.717, 1.165) is 12.8 Å². The number of rotatable bonds is 3. The van der Waals surface area contributed by atoms with E-state index in [0.29, 0.717) is 5.92 Å². The van der Waals surface area contributed by atoms with Gasteiger partial charge in [0.2, 0.25) is 5.91 Å². The molecule has 5 heteroatoms. The molecule has 0 unspecified atom stereocenters. The molecule has 0 aromatic carbocycles. The predicted molar refractivity (Wildman–Crippen MR) is 80.7 cm³/mol. The average molecular weight is 296 g/mol. The van der Waals surface area contributed by atoms with Gasteiger partial charge < -0.3 is 10.0 Å². The van der Waals surface area contributed by atoms with Gasteiger partial charge in [-0.2, -0.15) is 0 Å². The van der Waals surface area contributed by atoms with Crippen molar-refractivity contribution in [1.29, 1.82) is 0 Å². The molecule has 3 amide bonds. The number of urea groups is 1. The van der Waals surface area contributed by atoms with Crippen LogP contribution in [0.25, 0.3) is 0 Å². The number of likely N-dealkylation sites (N-methyl/N-ethyl adjacent to an activating group) is 1. The molecule has 2 rings (SSSR count). The lowest BCUT2D eigenvalue weighted by Crippen LogP contribution is -2.49. The van der Waals surface area contributed by atoms with Crippen molar-refractivity contribution in [3.05, 3.63) is 0 Å². The van der Waals surface area contributed by atoms with Gasteiger partial charge in [-0.3, -0.25) is 9.69 Å². The van der Waals surface area contributed by atoms with Gasteiger partial charge in [0.1, 0.15) is 0 Å². The van der Waals surface area contributed by atoms with E-state index in [1.165, 1.54) is 24.2 Å². The molecule has 0 bridgehead atoms. The quantitative estimate of drug-likeness (QED) is 0.869. The smallest absolute Gasteiger partial charge is 0.327 e. The normalized spacial score (nSPS) is 30.6. The highest BCUT2D eigenvalue weighted by molar-refractivity contribution is 5.97. The van der Waals surface area contributed by atoms with Gasteiger partial charge in [-0.05, 0) is 32.6 Å². The van der Waals surface area contributed by atoms with Crippen LogP contribution in [0.15, 0.2) is 0 Å². The van der Waals surface area contributed by atoms with Crippen molar-refractivity contribution < 1.29 is 14.7 Å². The summed E-state index contributed by atoms with van der Waals surface area (Å²) in [6.45, 7) is 5.32. The van der Waals surface area contributed by atoms with E-state index >= 15 is 0 Å². The fourth-order valence-electron chi connectivity index (χ4n) is 3.66. The van der Waals surface area contributed by atoms with Gasteiger partial charge in [-0.25, -0.2) is 4.79 Å². The van der Waals surface area contributed by atoms with E-state index in [1.54, 1.807) is 25.8 Å². The van der Waals surface area contributed by atoms with Crippen LogP contribution in [-0.4, -0.2) is 52.1 Å². The Morgan fingerprint density at radius 2 is 1.81 bits per heavy atom. The Morgan fingerprint density at radius 1 is 1.24 bits per heavy atom. The van der Waals surface area contributed by atoms with Crippen LogP contribution >= 0.6 is 0 Å². The van der Waals surface area contributed by atoms with Gasteiger partial charge in [-0.1, -0.05) is 26.2 Å². The molecule has 0 radical (unpaired) electrons. The molecule has 1 N–H and O–H groups in total. The molecule has 1 aliphatic carbocycles. The van der Waals surface area contributed by atoms with Crippen LogP contribution in [0.2, 0.25) is 0 Å². The summed E-state index contributed by atoms with van der Waals surface area (Å²) in [5.74, 6) is -0.381. The topological polar surface area (TPSA) is 60.9 Å². The van der Waals surface area contributed by atoms with Crippen LogP contribution < -0.4 is 0 Å². The lowest BCUT2D eigenvalue weighted by Gasteiger charge is -2.35. The summed E-state index contributed by atoms with van der Waals surface area (Å²) >= 11 is 0. The summed E-state index contributed by atoms with van der Waals surface area (Å²) in [4.78, 5) is 28.3. The molecule has 2 aliphatic rings. The Kier molecular flexibility index (Phi) is 4.91. The lowest BCUT2D eigenvalue weighted by atomic mass is 9.81. The summed E-state index contributed by atoms with van der Waals surface area (Å²) in [5, 5.41) is 9.69. The molecule has 2 fully saturated rings. The number of aliphatic hydroxyl groups is 1. The first-order chi connectivity index (χ1) is 9.86. The largest absolute Gasteiger partial charge is 0.393 e. The number of nitrogens with zero attached hydrogens (tertiary/aromatic N) is 2. The van der Waals surface area contributed by atoms with E-state index < -0.39 is 12.0 Å². The third kappa shape index (κ3) is 2.93. The van der Waals surface area contributed by atoms with E-state index in [-0.39, 0.29) is 24.0 Å². The van der Waals surface area contributed by atoms with Crippen LogP contribution in [0.4, 0.5) is 4.79 Å². The summed E-state index contributed by atoms with van der Waals surface area (Å²) in [5.41, 5.74) is 0. The van der Waals surface area contributed by atoms with Gasteiger partial charge >= 0.3 is 6.03 Å². The number of amides is 3. The van der Waals surface area contributed by atoms with E-state index in [9.17, 15) is 14.7 Å². The lowest BCUT2D eigenvalue weighted by molar-refractivity contribution is -0.137.